The van der Waals surface area contributed by atoms with Gasteiger partial charge in [-0.15, -0.1) is 11.8 Å². The number of halogens is 3. The Balaban J connectivity index is 1.65. The van der Waals surface area contributed by atoms with E-state index in [2.05, 4.69) is 9.88 Å². The number of alkyl halides is 3. The summed E-state index contributed by atoms with van der Waals surface area (Å²) in [5.41, 5.74) is 0.694. The minimum atomic E-state index is -4.57. The largest absolute Gasteiger partial charge is 0.418 e. The van der Waals surface area contributed by atoms with Crippen LogP contribution >= 0.6 is 11.8 Å². The SMILES string of the molecule is N#Cc1c(SCCN2CCCC2)nc2c(c1C(F)(F)F)C[C@H](c1ccccc1)CC2. The summed E-state index contributed by atoms with van der Waals surface area (Å²) in [6.45, 7) is 2.89. The average Bonchev–Trinajstić information content (AvgIpc) is 3.26. The number of hydrogen-bond acceptors (Lipinski definition) is 4. The van der Waals surface area contributed by atoms with E-state index in [-0.39, 0.29) is 28.5 Å². The van der Waals surface area contributed by atoms with E-state index >= 15 is 0 Å². The number of pyridine rings is 1. The van der Waals surface area contributed by atoms with E-state index in [0.29, 0.717) is 17.9 Å². The van der Waals surface area contributed by atoms with Gasteiger partial charge in [-0.3, -0.25) is 0 Å². The van der Waals surface area contributed by atoms with Crippen LogP contribution in [0.1, 0.15) is 53.1 Å². The molecule has 0 N–H and O–H groups in total. The van der Waals surface area contributed by atoms with Crippen molar-refractivity contribution in [2.75, 3.05) is 25.4 Å². The van der Waals surface area contributed by atoms with Crippen LogP contribution in [0.2, 0.25) is 0 Å². The van der Waals surface area contributed by atoms with E-state index in [0.717, 1.165) is 31.6 Å². The van der Waals surface area contributed by atoms with Crippen LogP contribution in [-0.4, -0.2) is 35.3 Å². The first-order chi connectivity index (χ1) is 14.5. The average molecular weight is 432 g/mol. The van der Waals surface area contributed by atoms with Crippen LogP contribution < -0.4 is 0 Å². The third-order valence-corrected chi connectivity index (χ3v) is 7.00. The molecule has 1 aromatic carbocycles. The van der Waals surface area contributed by atoms with E-state index in [4.69, 9.17) is 0 Å². The predicted molar refractivity (Wildman–Crippen MR) is 112 cm³/mol. The van der Waals surface area contributed by atoms with Gasteiger partial charge in [0.25, 0.3) is 0 Å². The van der Waals surface area contributed by atoms with Crippen molar-refractivity contribution < 1.29 is 13.2 Å². The zero-order valence-electron chi connectivity index (χ0n) is 16.7. The fraction of sp³-hybridized carbons (Fsp3) is 0.478. The zero-order chi connectivity index (χ0) is 21.1. The molecule has 0 amide bonds. The number of hydrogen-bond donors (Lipinski definition) is 0. The summed E-state index contributed by atoms with van der Waals surface area (Å²) in [6, 6.07) is 11.5. The summed E-state index contributed by atoms with van der Waals surface area (Å²) >= 11 is 1.28. The number of thioether (sulfide) groups is 1. The van der Waals surface area contributed by atoms with Crippen molar-refractivity contribution in [3.05, 3.63) is 58.3 Å². The Labute approximate surface area is 179 Å². The van der Waals surface area contributed by atoms with Crippen molar-refractivity contribution in [3.8, 4) is 6.07 Å². The lowest BCUT2D eigenvalue weighted by Crippen LogP contribution is -2.23. The molecule has 1 fully saturated rings. The molecule has 1 saturated heterocycles. The van der Waals surface area contributed by atoms with E-state index in [9.17, 15) is 18.4 Å². The molecule has 30 heavy (non-hydrogen) atoms. The molecular weight excluding hydrogens is 407 g/mol. The molecule has 2 heterocycles. The maximum Gasteiger partial charge on any atom is 0.418 e. The molecule has 2 aliphatic rings. The van der Waals surface area contributed by atoms with E-state index in [1.807, 2.05) is 36.4 Å². The number of nitrogens with zero attached hydrogens (tertiary/aromatic N) is 3. The molecule has 1 aliphatic heterocycles. The highest BCUT2D eigenvalue weighted by atomic mass is 32.2. The minimum absolute atomic E-state index is 0.0156. The topological polar surface area (TPSA) is 39.9 Å². The Kier molecular flexibility index (Phi) is 6.35. The lowest BCUT2D eigenvalue weighted by atomic mass is 9.79. The normalized spacial score (nSPS) is 19.5. The van der Waals surface area contributed by atoms with Gasteiger partial charge in [0.2, 0.25) is 0 Å². The molecule has 1 aliphatic carbocycles. The van der Waals surface area contributed by atoms with Crippen molar-refractivity contribution in [2.45, 2.75) is 49.2 Å². The first kappa shape index (κ1) is 21.2. The quantitative estimate of drug-likeness (QED) is 0.592. The summed E-state index contributed by atoms with van der Waals surface area (Å²) in [7, 11) is 0. The van der Waals surface area contributed by atoms with Gasteiger partial charge in [-0.2, -0.15) is 18.4 Å². The van der Waals surface area contributed by atoms with Gasteiger partial charge in [0.05, 0.1) is 11.1 Å². The summed E-state index contributed by atoms with van der Waals surface area (Å²) in [5.74, 6) is 0.659. The highest BCUT2D eigenvalue weighted by molar-refractivity contribution is 7.99. The monoisotopic (exact) mass is 431 g/mol. The maximum atomic E-state index is 14.1. The number of likely N-dealkylation sites (tertiary alicyclic amines) is 1. The molecule has 2 aromatic rings. The summed E-state index contributed by atoms with van der Waals surface area (Å²) in [4.78, 5) is 6.88. The van der Waals surface area contributed by atoms with Crippen molar-refractivity contribution >= 4 is 11.8 Å². The molecular formula is C23H24F3N3S. The zero-order valence-corrected chi connectivity index (χ0v) is 17.5. The Morgan fingerprint density at radius 3 is 2.57 bits per heavy atom. The fourth-order valence-corrected chi connectivity index (χ4v) is 5.55. The van der Waals surface area contributed by atoms with E-state index in [1.165, 1.54) is 24.6 Å². The second-order valence-corrected chi connectivity index (χ2v) is 9.03. The highest BCUT2D eigenvalue weighted by Crippen LogP contribution is 2.43. The molecule has 7 heteroatoms. The molecule has 0 bridgehead atoms. The molecule has 0 spiro atoms. The number of aromatic nitrogens is 1. The van der Waals surface area contributed by atoms with Crippen LogP contribution in [0.15, 0.2) is 35.4 Å². The van der Waals surface area contributed by atoms with Gasteiger partial charge < -0.3 is 4.90 Å². The molecule has 0 radical (unpaired) electrons. The lowest BCUT2D eigenvalue weighted by Gasteiger charge is -2.28. The maximum absolute atomic E-state index is 14.1. The van der Waals surface area contributed by atoms with Crippen LogP contribution in [0.3, 0.4) is 0 Å². The summed E-state index contributed by atoms with van der Waals surface area (Å²) in [5, 5.41) is 9.88. The van der Waals surface area contributed by atoms with E-state index < -0.39 is 11.7 Å². The van der Waals surface area contributed by atoms with Gasteiger partial charge in [0, 0.05) is 18.0 Å². The molecule has 4 rings (SSSR count). The van der Waals surface area contributed by atoms with Crippen LogP contribution in [0.4, 0.5) is 13.2 Å². The van der Waals surface area contributed by atoms with Crippen molar-refractivity contribution in [3.63, 3.8) is 0 Å². The van der Waals surface area contributed by atoms with E-state index in [1.54, 1.807) is 0 Å². The van der Waals surface area contributed by atoms with Gasteiger partial charge in [-0.05, 0) is 62.2 Å². The van der Waals surface area contributed by atoms with Gasteiger partial charge in [-0.25, -0.2) is 4.98 Å². The molecule has 1 atom stereocenters. The summed E-state index contributed by atoms with van der Waals surface area (Å²) < 4.78 is 42.3. The Bertz CT molecular complexity index is 931. The van der Waals surface area contributed by atoms with Crippen molar-refractivity contribution in [1.29, 1.82) is 5.26 Å². The van der Waals surface area contributed by atoms with Crippen molar-refractivity contribution in [2.24, 2.45) is 0 Å². The number of nitriles is 1. The minimum Gasteiger partial charge on any atom is -0.303 e. The highest BCUT2D eigenvalue weighted by Gasteiger charge is 2.41. The van der Waals surface area contributed by atoms with Crippen LogP contribution in [-0.2, 0) is 19.0 Å². The van der Waals surface area contributed by atoms with Gasteiger partial charge >= 0.3 is 6.18 Å². The molecule has 0 saturated carbocycles. The smallest absolute Gasteiger partial charge is 0.303 e. The fourth-order valence-electron chi connectivity index (χ4n) is 4.54. The number of fused-ring (bicyclic) bond motifs is 1. The second-order valence-electron chi connectivity index (χ2n) is 7.95. The summed E-state index contributed by atoms with van der Waals surface area (Å²) in [6.07, 6.45) is -0.679. The first-order valence-electron chi connectivity index (χ1n) is 10.4. The number of rotatable bonds is 5. The standard InChI is InChI=1S/C23H24F3N3S/c24-23(25,26)21-18-14-17(16-6-2-1-3-7-16)8-9-20(18)28-22(19(21)15-27)30-13-12-29-10-4-5-11-29/h1-3,6-7,17H,4-5,8-14H2/t17-/m1/s1. The van der Waals surface area contributed by atoms with Crippen molar-refractivity contribution in [1.82, 2.24) is 9.88 Å². The molecule has 158 valence electrons. The van der Waals surface area contributed by atoms with Crippen LogP contribution in [0.5, 0.6) is 0 Å². The Morgan fingerprint density at radius 1 is 1.17 bits per heavy atom. The predicted octanol–water partition coefficient (Wildman–Crippen LogP) is 5.43. The van der Waals surface area contributed by atoms with Crippen LogP contribution in [0, 0.1) is 11.3 Å². The van der Waals surface area contributed by atoms with Gasteiger partial charge in [0.15, 0.2) is 0 Å². The van der Waals surface area contributed by atoms with Gasteiger partial charge in [0.1, 0.15) is 11.1 Å². The number of aryl methyl sites for hydroxylation is 1. The number of benzene rings is 1. The molecule has 1 aromatic heterocycles. The lowest BCUT2D eigenvalue weighted by molar-refractivity contribution is -0.138. The Hall–Kier alpha value is -2.04. The first-order valence-corrected chi connectivity index (χ1v) is 11.4. The molecule has 3 nitrogen and oxygen atoms in total. The Morgan fingerprint density at radius 2 is 1.90 bits per heavy atom. The third-order valence-electron chi connectivity index (χ3n) is 6.04. The van der Waals surface area contributed by atoms with Crippen LogP contribution in [0.25, 0.3) is 0 Å². The third kappa shape index (κ3) is 4.50. The van der Waals surface area contributed by atoms with Gasteiger partial charge in [-0.1, -0.05) is 30.3 Å². The molecule has 0 unspecified atom stereocenters. The second kappa shape index (κ2) is 8.99.